The second kappa shape index (κ2) is 6.31. The summed E-state index contributed by atoms with van der Waals surface area (Å²) in [4.78, 5) is 0.335. The lowest BCUT2D eigenvalue weighted by Gasteiger charge is -2.44. The van der Waals surface area contributed by atoms with Crippen molar-refractivity contribution in [1.29, 1.82) is 0 Å². The number of fused-ring (bicyclic) bond motifs is 1. The van der Waals surface area contributed by atoms with Crippen molar-refractivity contribution in [3.05, 3.63) is 62.7 Å². The van der Waals surface area contributed by atoms with Crippen molar-refractivity contribution in [2.75, 3.05) is 0 Å². The van der Waals surface area contributed by atoms with Crippen LogP contribution in [0.25, 0.3) is 0 Å². The molecule has 3 nitrogen and oxygen atoms in total. The molecule has 1 heterocycles. The van der Waals surface area contributed by atoms with E-state index in [1.54, 1.807) is 19.9 Å². The van der Waals surface area contributed by atoms with Gasteiger partial charge < -0.3 is 5.11 Å². The molecule has 0 saturated heterocycles. The lowest BCUT2D eigenvalue weighted by atomic mass is 9.68. The maximum absolute atomic E-state index is 13.5. The van der Waals surface area contributed by atoms with Gasteiger partial charge in [0.15, 0.2) is 9.84 Å². The van der Waals surface area contributed by atoms with Gasteiger partial charge in [-0.3, -0.25) is 0 Å². The summed E-state index contributed by atoms with van der Waals surface area (Å²) < 4.78 is 27.1. The molecule has 26 heavy (non-hydrogen) atoms. The first-order chi connectivity index (χ1) is 11.9. The van der Waals surface area contributed by atoms with Gasteiger partial charge in [-0.1, -0.05) is 43.7 Å². The van der Waals surface area contributed by atoms with E-state index in [2.05, 4.69) is 22.6 Å². The first kappa shape index (κ1) is 19.8. The molecule has 0 aliphatic carbocycles. The van der Waals surface area contributed by atoms with Crippen molar-refractivity contribution in [3.63, 3.8) is 0 Å². The summed E-state index contributed by atoms with van der Waals surface area (Å²) in [7, 11) is -3.62. The Morgan fingerprint density at radius 1 is 1.00 bits per heavy atom. The SMILES string of the molecule is Cc1ccc2c(c1)[C@H](c1ccc(I)cc1)C(O)C(C)(C)C(C)(C)S2(=O)=O. The van der Waals surface area contributed by atoms with Gasteiger partial charge in [0.2, 0.25) is 0 Å². The van der Waals surface area contributed by atoms with Crippen LogP contribution in [0.4, 0.5) is 0 Å². The first-order valence-electron chi connectivity index (χ1n) is 8.70. The minimum atomic E-state index is -3.62. The zero-order chi connectivity index (χ0) is 19.5. The van der Waals surface area contributed by atoms with E-state index in [9.17, 15) is 13.5 Å². The largest absolute Gasteiger partial charge is 0.392 e. The highest BCUT2D eigenvalue weighted by Gasteiger charge is 2.57. The van der Waals surface area contributed by atoms with Gasteiger partial charge in [-0.15, -0.1) is 0 Å². The molecule has 2 atom stereocenters. The van der Waals surface area contributed by atoms with Crippen LogP contribution >= 0.6 is 22.6 Å². The van der Waals surface area contributed by atoms with Crippen LogP contribution in [0.1, 0.15) is 50.3 Å². The Morgan fingerprint density at radius 2 is 1.58 bits per heavy atom. The number of hydrogen-bond acceptors (Lipinski definition) is 3. The van der Waals surface area contributed by atoms with E-state index in [1.165, 1.54) is 0 Å². The van der Waals surface area contributed by atoms with Crippen LogP contribution in [0, 0.1) is 15.9 Å². The van der Waals surface area contributed by atoms with Gasteiger partial charge in [0, 0.05) is 14.9 Å². The van der Waals surface area contributed by atoms with E-state index in [4.69, 9.17) is 0 Å². The number of sulfone groups is 1. The molecule has 1 aliphatic heterocycles. The molecule has 2 aromatic carbocycles. The molecular weight excluding hydrogens is 459 g/mol. The Kier molecular flexibility index (Phi) is 4.81. The van der Waals surface area contributed by atoms with Crippen LogP contribution in [0.2, 0.25) is 0 Å². The normalized spacial score (nSPS) is 26.0. The van der Waals surface area contributed by atoms with Crippen molar-refractivity contribution in [2.45, 2.75) is 56.3 Å². The number of benzene rings is 2. The number of rotatable bonds is 1. The van der Waals surface area contributed by atoms with E-state index in [0.717, 1.165) is 14.7 Å². The molecule has 0 saturated carbocycles. The highest BCUT2D eigenvalue weighted by atomic mass is 127. The van der Waals surface area contributed by atoms with Crippen LogP contribution in [-0.4, -0.2) is 24.4 Å². The summed E-state index contributed by atoms with van der Waals surface area (Å²) in [5.41, 5.74) is 1.77. The van der Waals surface area contributed by atoms with Crippen molar-refractivity contribution >= 4 is 32.4 Å². The van der Waals surface area contributed by atoms with E-state index < -0.39 is 32.0 Å². The number of hydrogen-bond donors (Lipinski definition) is 1. The predicted molar refractivity (Wildman–Crippen MR) is 113 cm³/mol. The smallest absolute Gasteiger partial charge is 0.184 e. The molecule has 0 amide bonds. The first-order valence-corrected chi connectivity index (χ1v) is 11.3. The summed E-state index contributed by atoms with van der Waals surface area (Å²) >= 11 is 2.25. The molecule has 2 aromatic rings. The second-order valence-electron chi connectivity index (χ2n) is 8.25. The Balaban J connectivity index is 2.41. The fourth-order valence-corrected chi connectivity index (χ4v) is 6.22. The standard InChI is InChI=1S/C21H25IO3S/c1-13-6-11-17-16(12-13)18(14-7-9-15(22)10-8-14)19(23)20(2,3)21(4,5)26(17,24)25/h6-12,18-19,23H,1-5H3/t18-,19?/m0/s1. The molecular formula is C21H25IO3S. The number of aliphatic hydroxyl groups is 1. The lowest BCUT2D eigenvalue weighted by molar-refractivity contribution is 0.0165. The van der Waals surface area contributed by atoms with Gasteiger partial charge in [-0.2, -0.15) is 0 Å². The minimum absolute atomic E-state index is 0.335. The fraction of sp³-hybridized carbons (Fsp3) is 0.429. The van der Waals surface area contributed by atoms with Gasteiger partial charge in [-0.05, 0) is 72.7 Å². The molecule has 5 heteroatoms. The molecule has 1 aliphatic rings. The molecule has 0 spiro atoms. The van der Waals surface area contributed by atoms with Crippen molar-refractivity contribution in [2.24, 2.45) is 5.41 Å². The van der Waals surface area contributed by atoms with Gasteiger partial charge in [0.1, 0.15) is 0 Å². The summed E-state index contributed by atoms with van der Waals surface area (Å²) in [6, 6.07) is 13.4. The van der Waals surface area contributed by atoms with Crippen LogP contribution < -0.4 is 0 Å². The van der Waals surface area contributed by atoms with Crippen molar-refractivity contribution in [3.8, 4) is 0 Å². The maximum atomic E-state index is 13.5. The summed E-state index contributed by atoms with van der Waals surface area (Å²) in [6.07, 6.45) is -0.838. The maximum Gasteiger partial charge on any atom is 0.184 e. The highest BCUT2D eigenvalue weighted by molar-refractivity contribution is 14.1. The summed E-state index contributed by atoms with van der Waals surface area (Å²) in [6.45, 7) is 9.11. The zero-order valence-corrected chi connectivity index (χ0v) is 18.7. The Labute approximate surface area is 169 Å². The van der Waals surface area contributed by atoms with Crippen LogP contribution in [-0.2, 0) is 9.84 Å². The summed E-state index contributed by atoms with van der Waals surface area (Å²) in [5, 5.41) is 11.4. The minimum Gasteiger partial charge on any atom is -0.392 e. The molecule has 0 bridgehead atoms. The highest BCUT2D eigenvalue weighted by Crippen LogP contribution is 2.53. The molecule has 140 valence electrons. The molecule has 0 fully saturated rings. The number of halogens is 1. The third-order valence-corrected chi connectivity index (χ3v) is 9.84. The number of aryl methyl sites for hydroxylation is 1. The molecule has 1 N–H and O–H groups in total. The van der Waals surface area contributed by atoms with Gasteiger partial charge in [0.25, 0.3) is 0 Å². The Morgan fingerprint density at radius 3 is 2.15 bits per heavy atom. The van der Waals surface area contributed by atoms with Crippen LogP contribution in [0.15, 0.2) is 47.4 Å². The Bertz CT molecular complexity index is 944. The third-order valence-electron chi connectivity index (χ3n) is 6.30. The van der Waals surface area contributed by atoms with Gasteiger partial charge in [0.05, 0.1) is 15.7 Å². The van der Waals surface area contributed by atoms with Crippen LogP contribution in [0.3, 0.4) is 0 Å². The predicted octanol–water partition coefficient (Wildman–Crippen LogP) is 4.68. The number of aliphatic hydroxyl groups excluding tert-OH is 1. The Hall–Kier alpha value is -0.920. The van der Waals surface area contributed by atoms with Crippen molar-refractivity contribution in [1.82, 2.24) is 0 Å². The summed E-state index contributed by atoms with van der Waals surface area (Å²) in [5.74, 6) is -0.395. The average Bonchev–Trinajstić information content (AvgIpc) is 2.58. The lowest BCUT2D eigenvalue weighted by Crippen LogP contribution is -2.52. The van der Waals surface area contributed by atoms with E-state index >= 15 is 0 Å². The van der Waals surface area contributed by atoms with E-state index in [1.807, 2.05) is 57.2 Å². The van der Waals surface area contributed by atoms with E-state index in [0.29, 0.717) is 10.5 Å². The van der Waals surface area contributed by atoms with Gasteiger partial charge in [-0.25, -0.2) is 8.42 Å². The second-order valence-corrected chi connectivity index (χ2v) is 12.0. The molecule has 0 aromatic heterocycles. The van der Waals surface area contributed by atoms with Crippen LogP contribution in [0.5, 0.6) is 0 Å². The van der Waals surface area contributed by atoms with Crippen molar-refractivity contribution < 1.29 is 13.5 Å². The molecule has 3 rings (SSSR count). The zero-order valence-electron chi connectivity index (χ0n) is 15.7. The fourth-order valence-electron chi connectivity index (χ4n) is 3.75. The topological polar surface area (TPSA) is 54.4 Å². The quantitative estimate of drug-likeness (QED) is 0.598. The monoisotopic (exact) mass is 484 g/mol. The molecule has 0 radical (unpaired) electrons. The average molecular weight is 484 g/mol. The van der Waals surface area contributed by atoms with Gasteiger partial charge >= 0.3 is 0 Å². The third kappa shape index (κ3) is 2.74. The van der Waals surface area contributed by atoms with E-state index in [-0.39, 0.29) is 0 Å². The molecule has 1 unspecified atom stereocenters.